The molecule has 0 fully saturated rings. The van der Waals surface area contributed by atoms with E-state index in [4.69, 9.17) is 0 Å². The lowest BCUT2D eigenvalue weighted by Gasteiger charge is -2.15. The lowest BCUT2D eigenvalue weighted by molar-refractivity contribution is -0.112. The first-order valence-corrected chi connectivity index (χ1v) is 5.20. The van der Waals surface area contributed by atoms with Gasteiger partial charge in [-0.15, -0.1) is 0 Å². The fourth-order valence-corrected chi connectivity index (χ4v) is 1.48. The molecule has 0 aliphatic rings. The van der Waals surface area contributed by atoms with E-state index >= 15 is 0 Å². The Labute approximate surface area is 82.2 Å². The third-order valence-electron chi connectivity index (χ3n) is 2.55. The van der Waals surface area contributed by atoms with Gasteiger partial charge in [-0.2, -0.15) is 0 Å². The summed E-state index contributed by atoms with van der Waals surface area (Å²) in [5, 5.41) is 0. The summed E-state index contributed by atoms with van der Waals surface area (Å²) in [6, 6.07) is 0. The molecule has 0 amide bonds. The van der Waals surface area contributed by atoms with Crippen LogP contribution in [0.2, 0.25) is 0 Å². The number of rotatable bonds is 6. The molecule has 0 saturated heterocycles. The van der Waals surface area contributed by atoms with Crippen LogP contribution < -0.4 is 0 Å². The molecule has 0 aromatic heterocycles. The van der Waals surface area contributed by atoms with E-state index in [0.717, 1.165) is 25.5 Å². The summed E-state index contributed by atoms with van der Waals surface area (Å²) < 4.78 is 0. The van der Waals surface area contributed by atoms with Crippen molar-refractivity contribution in [2.75, 3.05) is 0 Å². The van der Waals surface area contributed by atoms with E-state index in [1.54, 1.807) is 0 Å². The minimum atomic E-state index is 0.255. The van der Waals surface area contributed by atoms with Crippen LogP contribution in [0.3, 0.4) is 0 Å². The predicted octanol–water partition coefficient (Wildman–Crippen LogP) is 3.59. The minimum absolute atomic E-state index is 0.255. The topological polar surface area (TPSA) is 17.1 Å². The number of allylic oxidation sites excluding steroid dienone is 2. The molecule has 2 atom stereocenters. The number of aldehydes is 1. The Hall–Kier alpha value is -0.590. The van der Waals surface area contributed by atoms with Crippen LogP contribution in [-0.4, -0.2) is 6.29 Å². The molecule has 0 N–H and O–H groups in total. The Morgan fingerprint density at radius 3 is 2.38 bits per heavy atom. The van der Waals surface area contributed by atoms with Crippen molar-refractivity contribution in [3.05, 3.63) is 11.6 Å². The zero-order chi connectivity index (χ0) is 10.3. The van der Waals surface area contributed by atoms with E-state index in [2.05, 4.69) is 33.8 Å². The lowest BCUT2D eigenvalue weighted by atomic mass is 9.89. The second kappa shape index (κ2) is 6.88. The Morgan fingerprint density at radius 2 is 2.00 bits per heavy atom. The molecule has 0 aliphatic carbocycles. The Kier molecular flexibility index (Phi) is 6.56. The predicted molar refractivity (Wildman–Crippen MR) is 57.7 cm³/mol. The summed E-state index contributed by atoms with van der Waals surface area (Å²) in [6.07, 6.45) is 6.55. The molecule has 0 aromatic carbocycles. The van der Waals surface area contributed by atoms with Crippen LogP contribution >= 0.6 is 0 Å². The highest BCUT2D eigenvalue weighted by atomic mass is 16.1. The lowest BCUT2D eigenvalue weighted by Crippen LogP contribution is -2.11. The van der Waals surface area contributed by atoms with Gasteiger partial charge in [-0.3, -0.25) is 0 Å². The van der Waals surface area contributed by atoms with Crippen molar-refractivity contribution >= 4 is 6.29 Å². The van der Waals surface area contributed by atoms with Crippen molar-refractivity contribution in [1.29, 1.82) is 0 Å². The molecule has 76 valence electrons. The second-order valence-corrected chi connectivity index (χ2v) is 4.04. The molecule has 0 aliphatic heterocycles. The Morgan fingerprint density at radius 1 is 1.38 bits per heavy atom. The van der Waals surface area contributed by atoms with Crippen LogP contribution in [-0.2, 0) is 4.79 Å². The molecule has 2 unspecified atom stereocenters. The average Bonchev–Trinajstić information content (AvgIpc) is 2.05. The maximum absolute atomic E-state index is 10.7. The summed E-state index contributed by atoms with van der Waals surface area (Å²) in [7, 11) is 0. The maximum Gasteiger partial charge on any atom is 0.123 e. The summed E-state index contributed by atoms with van der Waals surface area (Å²) in [5.74, 6) is 0.781. The first-order valence-electron chi connectivity index (χ1n) is 5.20. The summed E-state index contributed by atoms with van der Waals surface area (Å²) in [5.41, 5.74) is 1.37. The highest BCUT2D eigenvalue weighted by Crippen LogP contribution is 2.18. The van der Waals surface area contributed by atoms with E-state index in [9.17, 15) is 4.79 Å². The van der Waals surface area contributed by atoms with Crippen LogP contribution in [0.15, 0.2) is 11.6 Å². The van der Waals surface area contributed by atoms with Crippen molar-refractivity contribution in [3.63, 3.8) is 0 Å². The Balaban J connectivity index is 3.78. The first-order chi connectivity index (χ1) is 6.11. The summed E-state index contributed by atoms with van der Waals surface area (Å²) in [6.45, 7) is 8.47. The van der Waals surface area contributed by atoms with Gasteiger partial charge < -0.3 is 4.79 Å². The number of hydrogen-bond donors (Lipinski definition) is 0. The number of carbonyl (C=O) groups excluding carboxylic acids is 1. The molecule has 0 aromatic rings. The normalized spacial score (nSPS) is 14.8. The van der Waals surface area contributed by atoms with Crippen LogP contribution in [0.4, 0.5) is 0 Å². The van der Waals surface area contributed by atoms with Gasteiger partial charge in [0.2, 0.25) is 0 Å². The molecular formula is C12H22O. The Bertz CT molecular complexity index is 166. The number of carbonyl (C=O) groups is 1. The molecule has 13 heavy (non-hydrogen) atoms. The highest BCUT2D eigenvalue weighted by molar-refractivity contribution is 5.53. The average molecular weight is 182 g/mol. The molecule has 0 spiro atoms. The third kappa shape index (κ3) is 5.62. The monoisotopic (exact) mass is 182 g/mol. The SMILES string of the molecule is CCC(C=O)C(C)CCC=C(C)C. The van der Waals surface area contributed by atoms with Gasteiger partial charge in [0.1, 0.15) is 6.29 Å². The van der Waals surface area contributed by atoms with Crippen molar-refractivity contribution in [2.24, 2.45) is 11.8 Å². The van der Waals surface area contributed by atoms with E-state index in [1.807, 2.05) is 0 Å². The standard InChI is InChI=1S/C12H22O/c1-5-12(9-13)11(4)8-6-7-10(2)3/h7,9,11-12H,5-6,8H2,1-4H3. The van der Waals surface area contributed by atoms with Crippen LogP contribution in [0.5, 0.6) is 0 Å². The zero-order valence-electron chi connectivity index (χ0n) is 9.34. The van der Waals surface area contributed by atoms with E-state index < -0.39 is 0 Å². The molecule has 0 saturated carbocycles. The van der Waals surface area contributed by atoms with Gasteiger partial charge in [-0.25, -0.2) is 0 Å². The third-order valence-corrected chi connectivity index (χ3v) is 2.55. The van der Waals surface area contributed by atoms with Crippen molar-refractivity contribution < 1.29 is 4.79 Å². The summed E-state index contributed by atoms with van der Waals surface area (Å²) >= 11 is 0. The van der Waals surface area contributed by atoms with Gasteiger partial charge in [-0.05, 0) is 39.0 Å². The molecule has 0 heterocycles. The minimum Gasteiger partial charge on any atom is -0.303 e. The number of hydrogen-bond acceptors (Lipinski definition) is 1. The highest BCUT2D eigenvalue weighted by Gasteiger charge is 2.12. The van der Waals surface area contributed by atoms with E-state index in [1.165, 1.54) is 5.57 Å². The zero-order valence-corrected chi connectivity index (χ0v) is 9.34. The van der Waals surface area contributed by atoms with Crippen molar-refractivity contribution in [2.45, 2.75) is 47.0 Å². The van der Waals surface area contributed by atoms with Gasteiger partial charge in [0, 0.05) is 5.92 Å². The van der Waals surface area contributed by atoms with Crippen LogP contribution in [0.25, 0.3) is 0 Å². The second-order valence-electron chi connectivity index (χ2n) is 4.04. The van der Waals surface area contributed by atoms with Gasteiger partial charge in [0.15, 0.2) is 0 Å². The smallest absolute Gasteiger partial charge is 0.123 e. The molecule has 0 rings (SSSR count). The van der Waals surface area contributed by atoms with Gasteiger partial charge in [0.25, 0.3) is 0 Å². The van der Waals surface area contributed by atoms with E-state index in [-0.39, 0.29) is 5.92 Å². The van der Waals surface area contributed by atoms with E-state index in [0.29, 0.717) is 5.92 Å². The van der Waals surface area contributed by atoms with Crippen molar-refractivity contribution in [1.82, 2.24) is 0 Å². The fourth-order valence-electron chi connectivity index (χ4n) is 1.48. The van der Waals surface area contributed by atoms with Crippen molar-refractivity contribution in [3.8, 4) is 0 Å². The fraction of sp³-hybridized carbons (Fsp3) is 0.750. The van der Waals surface area contributed by atoms with Crippen LogP contribution in [0, 0.1) is 11.8 Å². The van der Waals surface area contributed by atoms with Crippen LogP contribution in [0.1, 0.15) is 47.0 Å². The van der Waals surface area contributed by atoms with Gasteiger partial charge in [0.05, 0.1) is 0 Å². The molecule has 1 heteroatoms. The van der Waals surface area contributed by atoms with Gasteiger partial charge in [-0.1, -0.05) is 25.5 Å². The first kappa shape index (κ1) is 12.4. The van der Waals surface area contributed by atoms with Gasteiger partial charge >= 0.3 is 0 Å². The quantitative estimate of drug-likeness (QED) is 0.453. The molecular weight excluding hydrogens is 160 g/mol. The molecule has 0 bridgehead atoms. The summed E-state index contributed by atoms with van der Waals surface area (Å²) in [4.78, 5) is 10.7. The largest absolute Gasteiger partial charge is 0.303 e. The maximum atomic E-state index is 10.7. The molecule has 1 nitrogen and oxygen atoms in total. The molecule has 0 radical (unpaired) electrons.